The van der Waals surface area contributed by atoms with E-state index in [0.717, 1.165) is 24.8 Å². The van der Waals surface area contributed by atoms with Crippen molar-refractivity contribution in [2.24, 2.45) is 0 Å². The van der Waals surface area contributed by atoms with Gasteiger partial charge in [-0.2, -0.15) is 0 Å². The van der Waals surface area contributed by atoms with E-state index in [1.807, 2.05) is 0 Å². The summed E-state index contributed by atoms with van der Waals surface area (Å²) in [6, 6.07) is 0. The van der Waals surface area contributed by atoms with Gasteiger partial charge in [0, 0.05) is 6.42 Å². The number of ketones is 1. The van der Waals surface area contributed by atoms with Crippen molar-refractivity contribution in [1.29, 1.82) is 0 Å². The first-order valence-corrected chi connectivity index (χ1v) is 11.3. The molecule has 140 valence electrons. The minimum absolute atomic E-state index is 0.0465. The molecular formula is C19H35O4P. The summed E-state index contributed by atoms with van der Waals surface area (Å²) in [6.45, 7) is 6.38. The SMILES string of the molecule is CCCCCCCCCCC1=C(P(=O)(OCC)OCC)C(=O)CC1. The molecule has 0 bridgehead atoms. The highest BCUT2D eigenvalue weighted by atomic mass is 31.2. The Morgan fingerprint density at radius 3 is 1.92 bits per heavy atom. The summed E-state index contributed by atoms with van der Waals surface area (Å²) in [5, 5.41) is 0.370. The van der Waals surface area contributed by atoms with Crippen LogP contribution < -0.4 is 0 Å². The number of unbranched alkanes of at least 4 members (excludes halogenated alkanes) is 7. The second kappa shape index (κ2) is 12.0. The lowest BCUT2D eigenvalue weighted by molar-refractivity contribution is -0.114. The van der Waals surface area contributed by atoms with Crippen molar-refractivity contribution in [1.82, 2.24) is 0 Å². The molecule has 0 radical (unpaired) electrons. The Balaban J connectivity index is 2.52. The van der Waals surface area contributed by atoms with E-state index in [1.165, 1.54) is 44.9 Å². The fraction of sp³-hybridized carbons (Fsp3) is 0.842. The van der Waals surface area contributed by atoms with Crippen molar-refractivity contribution in [3.05, 3.63) is 10.9 Å². The lowest BCUT2D eigenvalue weighted by atomic mass is 10.0. The predicted octanol–water partition coefficient (Wildman–Crippen LogP) is 6.40. The van der Waals surface area contributed by atoms with Crippen LogP contribution in [0.15, 0.2) is 10.9 Å². The summed E-state index contributed by atoms with van der Waals surface area (Å²) in [5.74, 6) is -0.0465. The van der Waals surface area contributed by atoms with Gasteiger partial charge in [0.1, 0.15) is 5.31 Å². The van der Waals surface area contributed by atoms with Crippen LogP contribution in [0.4, 0.5) is 0 Å². The van der Waals surface area contributed by atoms with Gasteiger partial charge in [0.15, 0.2) is 5.78 Å². The van der Waals surface area contributed by atoms with Crippen molar-refractivity contribution in [2.75, 3.05) is 13.2 Å². The quantitative estimate of drug-likeness (QED) is 0.266. The molecule has 0 N–H and O–H groups in total. The summed E-state index contributed by atoms with van der Waals surface area (Å²) in [4.78, 5) is 12.2. The maximum Gasteiger partial charge on any atom is 0.364 e. The van der Waals surface area contributed by atoms with Gasteiger partial charge in [-0.1, -0.05) is 57.4 Å². The van der Waals surface area contributed by atoms with Gasteiger partial charge in [-0.15, -0.1) is 0 Å². The third-order valence-electron chi connectivity index (χ3n) is 4.46. The van der Waals surface area contributed by atoms with Gasteiger partial charge >= 0.3 is 7.60 Å². The van der Waals surface area contributed by atoms with Crippen LogP contribution in [0.1, 0.15) is 91.4 Å². The van der Waals surface area contributed by atoms with Crippen LogP contribution in [-0.4, -0.2) is 19.0 Å². The molecule has 4 nitrogen and oxygen atoms in total. The molecule has 0 unspecified atom stereocenters. The zero-order chi connectivity index (χ0) is 17.8. The Morgan fingerprint density at radius 1 is 0.833 bits per heavy atom. The molecule has 24 heavy (non-hydrogen) atoms. The molecule has 1 aliphatic rings. The van der Waals surface area contributed by atoms with Crippen LogP contribution >= 0.6 is 7.60 Å². The zero-order valence-corrected chi connectivity index (χ0v) is 16.7. The Morgan fingerprint density at radius 2 is 1.38 bits per heavy atom. The smallest absolute Gasteiger partial charge is 0.305 e. The van der Waals surface area contributed by atoms with Crippen molar-refractivity contribution < 1.29 is 18.4 Å². The fourth-order valence-corrected chi connectivity index (χ4v) is 5.31. The Labute approximate surface area is 147 Å². The normalized spacial score (nSPS) is 15.5. The summed E-state index contributed by atoms with van der Waals surface area (Å²) >= 11 is 0. The maximum absolute atomic E-state index is 12.9. The van der Waals surface area contributed by atoms with Crippen LogP contribution in [0.3, 0.4) is 0 Å². The number of Topliss-reactive ketones (excluding diaryl/α,β-unsaturated/α-hetero) is 1. The van der Waals surface area contributed by atoms with Crippen molar-refractivity contribution in [3.63, 3.8) is 0 Å². The second-order valence-electron chi connectivity index (χ2n) is 6.43. The average molecular weight is 358 g/mol. The summed E-state index contributed by atoms with van der Waals surface area (Å²) < 4.78 is 23.7. The van der Waals surface area contributed by atoms with Crippen LogP contribution in [-0.2, 0) is 18.4 Å². The number of carbonyl (C=O) groups is 1. The molecule has 0 saturated carbocycles. The van der Waals surface area contributed by atoms with Crippen molar-refractivity contribution in [3.8, 4) is 0 Å². The van der Waals surface area contributed by atoms with Gasteiger partial charge < -0.3 is 9.05 Å². The molecule has 0 saturated heterocycles. The third-order valence-corrected chi connectivity index (χ3v) is 6.77. The molecule has 0 amide bonds. The highest BCUT2D eigenvalue weighted by molar-refractivity contribution is 7.60. The zero-order valence-electron chi connectivity index (χ0n) is 15.8. The minimum atomic E-state index is -3.42. The molecule has 0 aromatic heterocycles. The van der Waals surface area contributed by atoms with Crippen molar-refractivity contribution in [2.45, 2.75) is 91.4 Å². The third kappa shape index (κ3) is 6.82. The van der Waals surface area contributed by atoms with Gasteiger partial charge in [0.25, 0.3) is 0 Å². The van der Waals surface area contributed by atoms with Crippen LogP contribution in [0.25, 0.3) is 0 Å². The topological polar surface area (TPSA) is 52.6 Å². The van der Waals surface area contributed by atoms with E-state index >= 15 is 0 Å². The molecule has 1 rings (SSSR count). The molecular weight excluding hydrogens is 323 g/mol. The van der Waals surface area contributed by atoms with Gasteiger partial charge in [0.2, 0.25) is 0 Å². The standard InChI is InChI=1S/C19H35O4P/c1-4-7-8-9-10-11-12-13-14-17-15-16-18(20)19(17)24(21,22-5-2)23-6-3/h4-16H2,1-3H3. The number of hydrogen-bond donors (Lipinski definition) is 0. The molecule has 0 aromatic carbocycles. The summed E-state index contributed by atoms with van der Waals surface area (Å²) in [5.41, 5.74) is 1.01. The fourth-order valence-electron chi connectivity index (χ4n) is 3.27. The van der Waals surface area contributed by atoms with Crippen LogP contribution in [0.2, 0.25) is 0 Å². The highest BCUT2D eigenvalue weighted by Gasteiger charge is 2.39. The first-order valence-electron chi connectivity index (χ1n) is 9.73. The summed E-state index contributed by atoms with van der Waals surface area (Å²) in [7, 11) is -3.42. The van der Waals surface area contributed by atoms with E-state index in [0.29, 0.717) is 24.9 Å². The van der Waals surface area contributed by atoms with Gasteiger partial charge in [-0.05, 0) is 33.1 Å². The maximum atomic E-state index is 12.9. The minimum Gasteiger partial charge on any atom is -0.305 e. The molecule has 0 atom stereocenters. The number of carbonyl (C=O) groups excluding carboxylic acids is 1. The van der Waals surface area contributed by atoms with E-state index in [9.17, 15) is 9.36 Å². The molecule has 1 aliphatic carbocycles. The summed E-state index contributed by atoms with van der Waals surface area (Å²) in [6.07, 6.45) is 12.1. The number of hydrogen-bond acceptors (Lipinski definition) is 4. The first-order chi connectivity index (χ1) is 11.6. The predicted molar refractivity (Wildman–Crippen MR) is 99.4 cm³/mol. The van der Waals surface area contributed by atoms with Crippen LogP contribution in [0.5, 0.6) is 0 Å². The monoisotopic (exact) mass is 358 g/mol. The Hall–Kier alpha value is -0.440. The van der Waals surface area contributed by atoms with Crippen LogP contribution in [0, 0.1) is 0 Å². The van der Waals surface area contributed by atoms with E-state index in [2.05, 4.69) is 6.92 Å². The molecule has 0 fully saturated rings. The first kappa shape index (κ1) is 21.6. The number of rotatable bonds is 14. The average Bonchev–Trinajstić information content (AvgIpc) is 2.92. The van der Waals surface area contributed by atoms with Gasteiger partial charge in [-0.25, -0.2) is 0 Å². The molecule has 0 aromatic rings. The lowest BCUT2D eigenvalue weighted by Gasteiger charge is -2.19. The van der Waals surface area contributed by atoms with E-state index < -0.39 is 7.60 Å². The highest BCUT2D eigenvalue weighted by Crippen LogP contribution is 2.60. The molecule has 0 heterocycles. The molecule has 0 spiro atoms. The lowest BCUT2D eigenvalue weighted by Crippen LogP contribution is -2.05. The molecule has 0 aliphatic heterocycles. The largest absolute Gasteiger partial charge is 0.364 e. The van der Waals surface area contributed by atoms with E-state index in [4.69, 9.17) is 9.05 Å². The molecule has 5 heteroatoms. The Bertz CT molecular complexity index is 446. The number of allylic oxidation sites excluding steroid dienone is 2. The van der Waals surface area contributed by atoms with Crippen molar-refractivity contribution >= 4 is 13.4 Å². The van der Waals surface area contributed by atoms with Gasteiger partial charge in [0.05, 0.1) is 13.2 Å². The Kier molecular flexibility index (Phi) is 10.8. The van der Waals surface area contributed by atoms with E-state index in [-0.39, 0.29) is 5.78 Å². The second-order valence-corrected chi connectivity index (χ2v) is 8.39. The van der Waals surface area contributed by atoms with Gasteiger partial charge in [-0.3, -0.25) is 9.36 Å². The van der Waals surface area contributed by atoms with E-state index in [1.54, 1.807) is 13.8 Å².